The Hall–Kier alpha value is -3.06. The van der Waals surface area contributed by atoms with E-state index in [1.807, 2.05) is 25.1 Å². The first-order valence-electron chi connectivity index (χ1n) is 9.14. The molecule has 29 heavy (non-hydrogen) atoms. The molecule has 0 fully saturated rings. The Morgan fingerprint density at radius 3 is 2.38 bits per heavy atom. The first-order valence-corrected chi connectivity index (χ1v) is 9.51. The average Bonchev–Trinajstić information content (AvgIpc) is 2.69. The number of aryl methyl sites for hydroxylation is 1. The minimum absolute atomic E-state index is 0.0388. The fourth-order valence-electron chi connectivity index (χ4n) is 2.41. The molecule has 1 atom stereocenters. The van der Waals surface area contributed by atoms with E-state index in [1.165, 1.54) is 0 Å². The minimum Gasteiger partial charge on any atom is -0.481 e. The molecule has 0 aliphatic heterocycles. The monoisotopic (exact) mass is 417 g/mol. The van der Waals surface area contributed by atoms with Gasteiger partial charge in [0, 0.05) is 23.6 Å². The van der Waals surface area contributed by atoms with Gasteiger partial charge in [-0.25, -0.2) is 0 Å². The molecule has 2 aromatic rings. The third-order valence-electron chi connectivity index (χ3n) is 4.21. The molecule has 3 N–H and O–H groups in total. The molecule has 0 saturated heterocycles. The van der Waals surface area contributed by atoms with E-state index in [9.17, 15) is 14.4 Å². The van der Waals surface area contributed by atoms with Crippen molar-refractivity contribution in [3.8, 4) is 5.75 Å². The summed E-state index contributed by atoms with van der Waals surface area (Å²) >= 11 is 6.01. The first kappa shape index (κ1) is 22.2. The number of ether oxygens (including phenoxy) is 1. The van der Waals surface area contributed by atoms with Crippen molar-refractivity contribution >= 4 is 35.0 Å². The van der Waals surface area contributed by atoms with Gasteiger partial charge in [0.15, 0.2) is 6.10 Å². The molecule has 0 aliphatic carbocycles. The highest BCUT2D eigenvalue weighted by atomic mass is 35.5. The van der Waals surface area contributed by atoms with E-state index in [0.717, 1.165) is 11.1 Å². The summed E-state index contributed by atoms with van der Waals surface area (Å²) in [4.78, 5) is 36.0. The van der Waals surface area contributed by atoms with Crippen molar-refractivity contribution in [3.63, 3.8) is 0 Å². The van der Waals surface area contributed by atoms with Crippen LogP contribution >= 0.6 is 11.6 Å². The SMILES string of the molecule is Cc1ccccc1OC(C)C(=O)NNC(=O)CCC(=O)Nc1cccc(Cl)c1C. The molecule has 2 rings (SSSR count). The highest BCUT2D eigenvalue weighted by molar-refractivity contribution is 6.31. The summed E-state index contributed by atoms with van der Waals surface area (Å²) in [6.45, 7) is 5.24. The van der Waals surface area contributed by atoms with Gasteiger partial charge in [-0.1, -0.05) is 35.9 Å². The summed E-state index contributed by atoms with van der Waals surface area (Å²) in [6, 6.07) is 12.5. The van der Waals surface area contributed by atoms with E-state index >= 15 is 0 Å². The smallest absolute Gasteiger partial charge is 0.279 e. The maximum absolute atomic E-state index is 12.1. The van der Waals surface area contributed by atoms with E-state index in [2.05, 4.69) is 16.2 Å². The van der Waals surface area contributed by atoms with Crippen LogP contribution in [0.4, 0.5) is 5.69 Å². The van der Waals surface area contributed by atoms with Crippen LogP contribution in [-0.2, 0) is 14.4 Å². The van der Waals surface area contributed by atoms with Crippen molar-refractivity contribution in [2.24, 2.45) is 0 Å². The van der Waals surface area contributed by atoms with Gasteiger partial charge in [-0.15, -0.1) is 0 Å². The molecular formula is C21H24ClN3O4. The van der Waals surface area contributed by atoms with Crippen LogP contribution in [0.5, 0.6) is 5.75 Å². The van der Waals surface area contributed by atoms with E-state index in [4.69, 9.17) is 16.3 Å². The summed E-state index contributed by atoms with van der Waals surface area (Å²) in [6.07, 6.45) is -0.924. The highest BCUT2D eigenvalue weighted by Gasteiger charge is 2.16. The number of anilines is 1. The van der Waals surface area contributed by atoms with Crippen LogP contribution < -0.4 is 20.9 Å². The third-order valence-corrected chi connectivity index (χ3v) is 4.62. The van der Waals surface area contributed by atoms with Crippen LogP contribution in [0.2, 0.25) is 5.02 Å². The molecule has 8 heteroatoms. The Morgan fingerprint density at radius 1 is 0.966 bits per heavy atom. The summed E-state index contributed by atoms with van der Waals surface area (Å²) in [5.41, 5.74) is 6.83. The minimum atomic E-state index is -0.800. The number of amides is 3. The molecule has 0 aromatic heterocycles. The number of rotatable bonds is 7. The van der Waals surface area contributed by atoms with Crippen molar-refractivity contribution < 1.29 is 19.1 Å². The second kappa shape index (κ2) is 10.5. The van der Waals surface area contributed by atoms with Crippen molar-refractivity contribution in [1.29, 1.82) is 0 Å². The van der Waals surface area contributed by atoms with Crippen molar-refractivity contribution in [2.75, 3.05) is 5.32 Å². The van der Waals surface area contributed by atoms with Crippen LogP contribution in [0.25, 0.3) is 0 Å². The summed E-state index contributed by atoms with van der Waals surface area (Å²) in [5, 5.41) is 3.26. The largest absolute Gasteiger partial charge is 0.481 e. The van der Waals surface area contributed by atoms with Crippen molar-refractivity contribution in [2.45, 2.75) is 39.7 Å². The quantitative estimate of drug-likeness (QED) is 0.602. The number of benzene rings is 2. The van der Waals surface area contributed by atoms with Gasteiger partial charge in [0.05, 0.1) is 0 Å². The number of hydrazine groups is 1. The maximum Gasteiger partial charge on any atom is 0.279 e. The summed E-state index contributed by atoms with van der Waals surface area (Å²) in [7, 11) is 0. The lowest BCUT2D eigenvalue weighted by Gasteiger charge is -2.16. The van der Waals surface area contributed by atoms with Gasteiger partial charge in [-0.2, -0.15) is 0 Å². The second-order valence-corrected chi connectivity index (χ2v) is 6.93. The molecule has 3 amide bonds. The Balaban J connectivity index is 1.73. The number of halogens is 1. The van der Waals surface area contributed by atoms with Crippen LogP contribution in [0.1, 0.15) is 30.9 Å². The molecule has 0 heterocycles. The fraction of sp³-hybridized carbons (Fsp3) is 0.286. The molecule has 0 spiro atoms. The van der Waals surface area contributed by atoms with Gasteiger partial charge in [0.2, 0.25) is 11.8 Å². The fourth-order valence-corrected chi connectivity index (χ4v) is 2.59. The number of para-hydroxylation sites is 1. The molecule has 7 nitrogen and oxygen atoms in total. The number of hydrogen-bond acceptors (Lipinski definition) is 4. The maximum atomic E-state index is 12.1. The molecule has 0 aliphatic rings. The molecule has 0 bridgehead atoms. The molecule has 154 valence electrons. The van der Waals surface area contributed by atoms with Gasteiger partial charge < -0.3 is 10.1 Å². The summed E-state index contributed by atoms with van der Waals surface area (Å²) in [5.74, 6) is -0.720. The first-order chi connectivity index (χ1) is 13.8. The van der Waals surface area contributed by atoms with E-state index in [1.54, 1.807) is 38.1 Å². The number of carbonyl (C=O) groups is 3. The van der Waals surface area contributed by atoms with Crippen molar-refractivity contribution in [3.05, 3.63) is 58.6 Å². The molecule has 0 radical (unpaired) electrons. The third kappa shape index (κ3) is 6.80. The molecule has 1 unspecified atom stereocenters. The Labute approximate surface area is 174 Å². The van der Waals surface area contributed by atoms with E-state index in [-0.39, 0.29) is 18.7 Å². The zero-order chi connectivity index (χ0) is 21.4. The van der Waals surface area contributed by atoms with Crippen LogP contribution in [0.3, 0.4) is 0 Å². The lowest BCUT2D eigenvalue weighted by Crippen LogP contribution is -2.47. The van der Waals surface area contributed by atoms with Crippen LogP contribution in [0, 0.1) is 13.8 Å². The predicted octanol–water partition coefficient (Wildman–Crippen LogP) is 3.29. The Morgan fingerprint density at radius 2 is 1.66 bits per heavy atom. The number of nitrogens with one attached hydrogen (secondary N) is 3. The molecule has 2 aromatic carbocycles. The van der Waals surface area contributed by atoms with Crippen molar-refractivity contribution in [1.82, 2.24) is 10.9 Å². The van der Waals surface area contributed by atoms with Crippen LogP contribution in [-0.4, -0.2) is 23.8 Å². The summed E-state index contributed by atoms with van der Waals surface area (Å²) < 4.78 is 5.59. The van der Waals surface area contributed by atoms with E-state index < -0.39 is 17.9 Å². The van der Waals surface area contributed by atoms with E-state index in [0.29, 0.717) is 16.5 Å². The topological polar surface area (TPSA) is 96.5 Å². The predicted molar refractivity (Wildman–Crippen MR) is 112 cm³/mol. The average molecular weight is 418 g/mol. The van der Waals surface area contributed by atoms with Crippen LogP contribution in [0.15, 0.2) is 42.5 Å². The van der Waals surface area contributed by atoms with Gasteiger partial charge in [-0.05, 0) is 50.1 Å². The second-order valence-electron chi connectivity index (χ2n) is 6.52. The molecule has 0 saturated carbocycles. The lowest BCUT2D eigenvalue weighted by molar-refractivity contribution is -0.133. The van der Waals surface area contributed by atoms with Gasteiger partial charge >= 0.3 is 0 Å². The van der Waals surface area contributed by atoms with Gasteiger partial charge in [-0.3, -0.25) is 25.2 Å². The zero-order valence-corrected chi connectivity index (χ0v) is 17.3. The van der Waals surface area contributed by atoms with Gasteiger partial charge in [0.1, 0.15) is 5.75 Å². The Bertz CT molecular complexity index is 901. The zero-order valence-electron chi connectivity index (χ0n) is 16.5. The molecular weight excluding hydrogens is 394 g/mol. The van der Waals surface area contributed by atoms with Gasteiger partial charge in [0.25, 0.3) is 5.91 Å². The number of hydrogen-bond donors (Lipinski definition) is 3. The lowest BCUT2D eigenvalue weighted by atomic mass is 10.2. The highest BCUT2D eigenvalue weighted by Crippen LogP contribution is 2.23. The number of carbonyl (C=O) groups excluding carboxylic acids is 3. The standard InChI is InChI=1S/C21H24ClN3O4/c1-13-7-4-5-10-18(13)29-15(3)21(28)25-24-20(27)12-11-19(26)23-17-9-6-8-16(22)14(17)2/h4-10,15H,11-12H2,1-3H3,(H,23,26)(H,24,27)(H,25,28). The Kier molecular flexibility index (Phi) is 8.03. The normalized spacial score (nSPS) is 11.3.